The number of carboxylic acid groups (broad SMARTS) is 1. The highest BCUT2D eigenvalue weighted by Crippen LogP contribution is 2.24. The maximum atomic E-state index is 10.9. The third-order valence-corrected chi connectivity index (χ3v) is 3.64. The quantitative estimate of drug-likeness (QED) is 0.681. The summed E-state index contributed by atoms with van der Waals surface area (Å²) in [6, 6.07) is 4.42. The predicted octanol–water partition coefficient (Wildman–Crippen LogP) is 2.61. The van der Waals surface area contributed by atoms with Gasteiger partial charge in [-0.3, -0.25) is 14.8 Å². The van der Waals surface area contributed by atoms with Gasteiger partial charge in [0, 0.05) is 16.6 Å². The molecule has 2 aromatic rings. The molecule has 1 aromatic carbocycles. The number of nitro benzene ring substituents is 1. The molecule has 1 N–H and O–H groups in total. The highest BCUT2D eigenvalue weighted by Gasteiger charge is 2.15. The van der Waals surface area contributed by atoms with Gasteiger partial charge in [0.2, 0.25) is 0 Å². The number of carboxylic acids is 1. The minimum Gasteiger partial charge on any atom is -0.478 e. The van der Waals surface area contributed by atoms with Crippen molar-refractivity contribution in [3.63, 3.8) is 0 Å². The number of benzene rings is 1. The number of nitrogens with zero attached hydrogens (tertiary/aromatic N) is 3. The smallest absolute Gasteiger partial charge is 0.339 e. The lowest BCUT2D eigenvalue weighted by atomic mass is 10.2. The summed E-state index contributed by atoms with van der Waals surface area (Å²) in [6.07, 6.45) is 1.29. The van der Waals surface area contributed by atoms with Gasteiger partial charge in [-0.25, -0.2) is 4.79 Å². The van der Waals surface area contributed by atoms with Gasteiger partial charge in [0.25, 0.3) is 5.69 Å². The molecule has 0 aliphatic carbocycles. The SMILES string of the molecule is Cc1c(C(=O)O)cnn1Cc1ccc([N+](=O)[O-])cc1Br. The van der Waals surface area contributed by atoms with Crippen LogP contribution in [0.1, 0.15) is 21.6 Å². The number of carbonyl (C=O) groups is 1. The topological polar surface area (TPSA) is 98.3 Å². The second-order valence-electron chi connectivity index (χ2n) is 4.14. The number of hydrogen-bond acceptors (Lipinski definition) is 4. The van der Waals surface area contributed by atoms with Crippen molar-refractivity contribution in [2.45, 2.75) is 13.5 Å². The van der Waals surface area contributed by atoms with Crippen molar-refractivity contribution in [3.05, 3.63) is 55.8 Å². The van der Waals surface area contributed by atoms with Crippen LogP contribution in [0.2, 0.25) is 0 Å². The van der Waals surface area contributed by atoms with Crippen molar-refractivity contribution in [2.75, 3.05) is 0 Å². The van der Waals surface area contributed by atoms with Gasteiger partial charge in [-0.05, 0) is 18.6 Å². The Hall–Kier alpha value is -2.22. The standard InChI is InChI=1S/C12H10BrN3O4/c1-7-10(12(17)18)5-14-15(7)6-8-2-3-9(16(19)20)4-11(8)13/h2-5H,6H2,1H3,(H,17,18). The monoisotopic (exact) mass is 339 g/mol. The van der Waals surface area contributed by atoms with E-state index in [0.717, 1.165) is 5.56 Å². The lowest BCUT2D eigenvalue weighted by Crippen LogP contribution is -2.06. The Morgan fingerprint density at radius 1 is 1.55 bits per heavy atom. The van der Waals surface area contributed by atoms with Crippen LogP contribution in [-0.2, 0) is 6.54 Å². The summed E-state index contributed by atoms with van der Waals surface area (Å²) < 4.78 is 2.12. The molecule has 104 valence electrons. The maximum Gasteiger partial charge on any atom is 0.339 e. The summed E-state index contributed by atoms with van der Waals surface area (Å²) in [5.41, 5.74) is 1.44. The summed E-state index contributed by atoms with van der Waals surface area (Å²) in [5, 5.41) is 23.6. The fourth-order valence-corrected chi connectivity index (χ4v) is 2.25. The molecule has 1 aromatic heterocycles. The van der Waals surface area contributed by atoms with E-state index < -0.39 is 10.9 Å². The zero-order valence-electron chi connectivity index (χ0n) is 10.4. The van der Waals surface area contributed by atoms with E-state index in [9.17, 15) is 14.9 Å². The van der Waals surface area contributed by atoms with Crippen LogP contribution in [0.5, 0.6) is 0 Å². The van der Waals surface area contributed by atoms with Crippen LogP contribution in [0.3, 0.4) is 0 Å². The van der Waals surface area contributed by atoms with Crippen molar-refractivity contribution in [1.82, 2.24) is 9.78 Å². The van der Waals surface area contributed by atoms with E-state index in [1.165, 1.54) is 23.0 Å². The van der Waals surface area contributed by atoms with Crippen LogP contribution in [0.15, 0.2) is 28.9 Å². The lowest BCUT2D eigenvalue weighted by molar-refractivity contribution is -0.384. The van der Waals surface area contributed by atoms with Gasteiger partial charge < -0.3 is 5.11 Å². The number of hydrogen-bond donors (Lipinski definition) is 1. The van der Waals surface area contributed by atoms with E-state index in [2.05, 4.69) is 21.0 Å². The Morgan fingerprint density at radius 3 is 2.75 bits per heavy atom. The molecule has 0 fully saturated rings. The molecule has 0 radical (unpaired) electrons. The minimum absolute atomic E-state index is 0.0102. The Bertz CT molecular complexity index is 696. The number of nitro groups is 1. The molecular formula is C12H10BrN3O4. The van der Waals surface area contributed by atoms with Crippen molar-refractivity contribution in [2.24, 2.45) is 0 Å². The Kier molecular flexibility index (Phi) is 3.84. The normalized spacial score (nSPS) is 10.5. The molecule has 0 aliphatic rings. The average Bonchev–Trinajstić information content (AvgIpc) is 2.73. The van der Waals surface area contributed by atoms with Crippen LogP contribution >= 0.6 is 15.9 Å². The van der Waals surface area contributed by atoms with Crippen molar-refractivity contribution in [3.8, 4) is 0 Å². The highest BCUT2D eigenvalue weighted by atomic mass is 79.9. The molecule has 0 spiro atoms. The Morgan fingerprint density at radius 2 is 2.25 bits per heavy atom. The van der Waals surface area contributed by atoms with E-state index in [0.29, 0.717) is 16.7 Å². The molecule has 0 bridgehead atoms. The number of aromatic carboxylic acids is 1. The van der Waals surface area contributed by atoms with Crippen LogP contribution in [0, 0.1) is 17.0 Å². The fourth-order valence-electron chi connectivity index (χ4n) is 1.76. The molecular weight excluding hydrogens is 330 g/mol. The number of non-ortho nitro benzene ring substituents is 1. The Balaban J connectivity index is 2.31. The first-order chi connectivity index (χ1) is 9.40. The van der Waals surface area contributed by atoms with Gasteiger partial charge in [0.05, 0.1) is 23.4 Å². The first-order valence-electron chi connectivity index (χ1n) is 5.58. The predicted molar refractivity (Wildman–Crippen MR) is 73.8 cm³/mol. The van der Waals surface area contributed by atoms with E-state index in [1.807, 2.05) is 0 Å². The van der Waals surface area contributed by atoms with E-state index in [4.69, 9.17) is 5.11 Å². The second kappa shape index (κ2) is 5.41. The van der Waals surface area contributed by atoms with E-state index >= 15 is 0 Å². The number of halogens is 1. The van der Waals surface area contributed by atoms with Gasteiger partial charge in [-0.15, -0.1) is 0 Å². The summed E-state index contributed by atoms with van der Waals surface area (Å²) in [4.78, 5) is 21.1. The number of rotatable bonds is 4. The molecule has 0 aliphatic heterocycles. The first-order valence-corrected chi connectivity index (χ1v) is 6.38. The summed E-state index contributed by atoms with van der Waals surface area (Å²) in [5.74, 6) is -1.03. The zero-order valence-corrected chi connectivity index (χ0v) is 12.0. The Labute approximate surface area is 122 Å². The summed E-state index contributed by atoms with van der Waals surface area (Å²) >= 11 is 3.27. The third-order valence-electron chi connectivity index (χ3n) is 2.90. The van der Waals surface area contributed by atoms with Gasteiger partial charge in [-0.2, -0.15) is 5.10 Å². The van der Waals surface area contributed by atoms with Crippen molar-refractivity contribution < 1.29 is 14.8 Å². The van der Waals surface area contributed by atoms with Crippen LogP contribution in [0.4, 0.5) is 5.69 Å². The molecule has 7 nitrogen and oxygen atoms in total. The summed E-state index contributed by atoms with van der Waals surface area (Å²) in [6.45, 7) is 1.99. The van der Waals surface area contributed by atoms with Crippen molar-refractivity contribution >= 4 is 27.6 Å². The maximum absolute atomic E-state index is 10.9. The van der Waals surface area contributed by atoms with E-state index in [1.54, 1.807) is 13.0 Å². The first kappa shape index (κ1) is 14.2. The van der Waals surface area contributed by atoms with Crippen molar-refractivity contribution in [1.29, 1.82) is 0 Å². The molecule has 1 heterocycles. The molecule has 0 unspecified atom stereocenters. The lowest BCUT2D eigenvalue weighted by Gasteiger charge is -2.07. The third kappa shape index (κ3) is 2.69. The second-order valence-corrected chi connectivity index (χ2v) is 4.99. The number of aromatic nitrogens is 2. The van der Waals surface area contributed by atoms with Gasteiger partial charge in [0.15, 0.2) is 0 Å². The van der Waals surface area contributed by atoms with Gasteiger partial charge >= 0.3 is 5.97 Å². The largest absolute Gasteiger partial charge is 0.478 e. The van der Waals surface area contributed by atoms with Crippen LogP contribution in [0.25, 0.3) is 0 Å². The molecule has 0 saturated carbocycles. The highest BCUT2D eigenvalue weighted by molar-refractivity contribution is 9.10. The van der Waals surface area contributed by atoms with Crippen LogP contribution in [-0.4, -0.2) is 25.8 Å². The molecule has 2 rings (SSSR count). The van der Waals surface area contributed by atoms with Gasteiger partial charge in [0.1, 0.15) is 5.56 Å². The molecule has 8 heteroatoms. The molecule has 20 heavy (non-hydrogen) atoms. The molecule has 0 atom stereocenters. The minimum atomic E-state index is -1.03. The van der Waals surface area contributed by atoms with Gasteiger partial charge in [-0.1, -0.05) is 15.9 Å². The van der Waals surface area contributed by atoms with E-state index in [-0.39, 0.29) is 11.3 Å². The average molecular weight is 340 g/mol. The van der Waals surface area contributed by atoms with Crippen LogP contribution < -0.4 is 0 Å². The molecule has 0 saturated heterocycles. The molecule has 0 amide bonds. The summed E-state index contributed by atoms with van der Waals surface area (Å²) in [7, 11) is 0. The zero-order chi connectivity index (χ0) is 14.9. The fraction of sp³-hybridized carbons (Fsp3) is 0.167.